The minimum absolute atomic E-state index is 0.348. The highest BCUT2D eigenvalue weighted by Gasteiger charge is 2.18. The van der Waals surface area contributed by atoms with Crippen LogP contribution in [0.3, 0.4) is 0 Å². The van der Waals surface area contributed by atoms with Gasteiger partial charge < -0.3 is 5.11 Å². The van der Waals surface area contributed by atoms with Crippen LogP contribution in [0.5, 0.6) is 5.75 Å². The molecule has 0 amide bonds. The van der Waals surface area contributed by atoms with E-state index in [9.17, 15) is 5.11 Å². The van der Waals surface area contributed by atoms with Crippen LogP contribution in [0.15, 0.2) is 127 Å². The first-order valence-electron chi connectivity index (χ1n) is 12.8. The summed E-state index contributed by atoms with van der Waals surface area (Å²) in [6, 6.07) is 45.5. The van der Waals surface area contributed by atoms with Gasteiger partial charge in [0.2, 0.25) is 0 Å². The zero-order chi connectivity index (χ0) is 25.2. The van der Waals surface area contributed by atoms with Crippen molar-refractivity contribution in [2.24, 2.45) is 0 Å². The molecule has 0 saturated carbocycles. The molecule has 8 aromatic rings. The van der Waals surface area contributed by atoms with Crippen molar-refractivity contribution in [3.8, 4) is 28.0 Å². The highest BCUT2D eigenvalue weighted by molar-refractivity contribution is 7.26. The fraction of sp³-hybridized carbons (Fsp3) is 0. The molecule has 0 aliphatic rings. The molecule has 2 heteroatoms. The summed E-state index contributed by atoms with van der Waals surface area (Å²) in [5.74, 6) is 0.348. The van der Waals surface area contributed by atoms with Crippen LogP contribution in [0.4, 0.5) is 0 Å². The van der Waals surface area contributed by atoms with Gasteiger partial charge in [0.1, 0.15) is 5.75 Å². The molecule has 0 saturated heterocycles. The molecule has 0 radical (unpaired) electrons. The van der Waals surface area contributed by atoms with E-state index in [2.05, 4.69) is 115 Å². The molecule has 0 aliphatic heterocycles. The molecule has 0 aliphatic carbocycles. The van der Waals surface area contributed by atoms with Gasteiger partial charge in [0.05, 0.1) is 4.70 Å². The van der Waals surface area contributed by atoms with Crippen molar-refractivity contribution in [1.82, 2.24) is 0 Å². The minimum Gasteiger partial charge on any atom is -0.506 e. The number of benzene rings is 7. The van der Waals surface area contributed by atoms with Gasteiger partial charge in [-0.15, -0.1) is 11.3 Å². The Hall–Kier alpha value is -4.66. The fourth-order valence-electron chi connectivity index (χ4n) is 6.03. The van der Waals surface area contributed by atoms with Crippen molar-refractivity contribution >= 4 is 63.8 Å². The second-order valence-electron chi connectivity index (χ2n) is 9.87. The van der Waals surface area contributed by atoms with Crippen LogP contribution in [-0.2, 0) is 0 Å². The van der Waals surface area contributed by atoms with Crippen LogP contribution in [0, 0.1) is 0 Å². The summed E-state index contributed by atoms with van der Waals surface area (Å²) in [4.78, 5) is 0. The van der Waals surface area contributed by atoms with Crippen molar-refractivity contribution in [1.29, 1.82) is 0 Å². The first kappa shape index (κ1) is 21.4. The standard InChI is InChI=1S/C36H22OS/c37-32-15-7-14-31-26-19-18-25(21-33(26)38-36(31)32)35-29-12-5-3-10-27(29)34(28-11-4-6-13-30(28)35)24-17-16-22-8-1-2-9-23(22)20-24/h1-21,37H. The molecule has 0 bridgehead atoms. The summed E-state index contributed by atoms with van der Waals surface area (Å²) in [6.45, 7) is 0. The number of hydrogen-bond donors (Lipinski definition) is 1. The molecule has 0 atom stereocenters. The van der Waals surface area contributed by atoms with Crippen LogP contribution in [-0.4, -0.2) is 5.11 Å². The number of phenolic OH excluding ortho intramolecular Hbond substituents is 1. The molecule has 1 heterocycles. The highest BCUT2D eigenvalue weighted by Crippen LogP contribution is 2.46. The third-order valence-corrected chi connectivity index (χ3v) is 8.93. The molecule has 8 rings (SSSR count). The second-order valence-corrected chi connectivity index (χ2v) is 10.9. The maximum atomic E-state index is 10.5. The van der Waals surface area contributed by atoms with E-state index in [4.69, 9.17) is 0 Å². The Bertz CT molecular complexity index is 2150. The molecule has 1 N–H and O–H groups in total. The molecule has 178 valence electrons. The maximum absolute atomic E-state index is 10.5. The fourth-order valence-corrected chi connectivity index (χ4v) is 7.19. The predicted octanol–water partition coefficient (Wildman–Crippen LogP) is 10.6. The smallest absolute Gasteiger partial charge is 0.133 e. The van der Waals surface area contributed by atoms with Gasteiger partial charge in [-0.25, -0.2) is 0 Å². The van der Waals surface area contributed by atoms with Crippen LogP contribution < -0.4 is 0 Å². The lowest BCUT2D eigenvalue weighted by molar-refractivity contribution is 0.482. The average Bonchev–Trinajstić information content (AvgIpc) is 3.35. The normalized spacial score (nSPS) is 11.8. The highest BCUT2D eigenvalue weighted by atomic mass is 32.1. The Morgan fingerprint density at radius 1 is 0.421 bits per heavy atom. The van der Waals surface area contributed by atoms with Gasteiger partial charge in [0.15, 0.2) is 0 Å². The largest absolute Gasteiger partial charge is 0.506 e. The summed E-state index contributed by atoms with van der Waals surface area (Å²) in [7, 11) is 0. The minimum atomic E-state index is 0.348. The van der Waals surface area contributed by atoms with Crippen molar-refractivity contribution in [3.63, 3.8) is 0 Å². The monoisotopic (exact) mass is 502 g/mol. The molecule has 38 heavy (non-hydrogen) atoms. The van der Waals surface area contributed by atoms with Crippen LogP contribution >= 0.6 is 11.3 Å². The molecular formula is C36H22OS. The van der Waals surface area contributed by atoms with Crippen molar-refractivity contribution in [2.45, 2.75) is 0 Å². The Kier molecular flexibility index (Phi) is 4.61. The summed E-state index contributed by atoms with van der Waals surface area (Å²) in [5.41, 5.74) is 4.96. The van der Waals surface area contributed by atoms with Crippen LogP contribution in [0.25, 0.3) is 74.7 Å². The molecule has 1 nitrogen and oxygen atoms in total. The number of fused-ring (bicyclic) bond motifs is 6. The lowest BCUT2D eigenvalue weighted by Crippen LogP contribution is -1.90. The van der Waals surface area contributed by atoms with E-state index >= 15 is 0 Å². The lowest BCUT2D eigenvalue weighted by atomic mass is 9.85. The summed E-state index contributed by atoms with van der Waals surface area (Å²) in [6.07, 6.45) is 0. The van der Waals surface area contributed by atoms with Gasteiger partial charge in [-0.2, -0.15) is 0 Å². The topological polar surface area (TPSA) is 20.2 Å². The predicted molar refractivity (Wildman–Crippen MR) is 164 cm³/mol. The van der Waals surface area contributed by atoms with Gasteiger partial charge in [0, 0.05) is 15.5 Å². The Morgan fingerprint density at radius 3 is 1.66 bits per heavy atom. The number of aromatic hydroxyl groups is 1. The number of hydrogen-bond acceptors (Lipinski definition) is 2. The van der Waals surface area contributed by atoms with E-state index in [0.717, 1.165) is 10.1 Å². The van der Waals surface area contributed by atoms with Crippen LogP contribution in [0.2, 0.25) is 0 Å². The molecule has 7 aromatic carbocycles. The SMILES string of the molecule is Oc1cccc2c1sc1cc(-c3c4ccccc4c(-c4ccc5ccccc5c4)c4ccccc34)ccc12. The van der Waals surface area contributed by atoms with Gasteiger partial charge >= 0.3 is 0 Å². The van der Waals surface area contributed by atoms with Gasteiger partial charge in [0.25, 0.3) is 0 Å². The summed E-state index contributed by atoms with van der Waals surface area (Å²) < 4.78 is 2.13. The van der Waals surface area contributed by atoms with Crippen LogP contribution in [0.1, 0.15) is 0 Å². The second kappa shape index (κ2) is 8.17. The van der Waals surface area contributed by atoms with Crippen molar-refractivity contribution in [2.75, 3.05) is 0 Å². The summed E-state index contributed by atoms with van der Waals surface area (Å²) >= 11 is 1.66. The van der Waals surface area contributed by atoms with E-state index in [1.807, 2.05) is 6.07 Å². The van der Waals surface area contributed by atoms with E-state index in [0.29, 0.717) is 5.75 Å². The Morgan fingerprint density at radius 2 is 0.974 bits per heavy atom. The first-order valence-corrected chi connectivity index (χ1v) is 13.7. The molecule has 0 fully saturated rings. The molecule has 0 unspecified atom stereocenters. The molecular weight excluding hydrogens is 480 g/mol. The summed E-state index contributed by atoms with van der Waals surface area (Å²) in [5, 5.41) is 20.3. The maximum Gasteiger partial charge on any atom is 0.133 e. The van der Waals surface area contributed by atoms with E-state index < -0.39 is 0 Å². The van der Waals surface area contributed by atoms with Crippen molar-refractivity contribution < 1.29 is 5.11 Å². The van der Waals surface area contributed by atoms with E-state index in [-0.39, 0.29) is 0 Å². The Labute approximate surface area is 223 Å². The molecule has 0 spiro atoms. The quantitative estimate of drug-likeness (QED) is 0.233. The van der Waals surface area contributed by atoms with Gasteiger partial charge in [-0.1, -0.05) is 109 Å². The zero-order valence-corrected chi connectivity index (χ0v) is 21.3. The third kappa shape index (κ3) is 3.11. The van der Waals surface area contributed by atoms with Gasteiger partial charge in [-0.05, 0) is 72.8 Å². The Balaban J connectivity index is 1.46. The zero-order valence-electron chi connectivity index (χ0n) is 20.5. The van der Waals surface area contributed by atoms with Gasteiger partial charge in [-0.3, -0.25) is 0 Å². The van der Waals surface area contributed by atoms with E-state index in [1.165, 1.54) is 64.7 Å². The first-order chi connectivity index (χ1) is 18.8. The number of rotatable bonds is 2. The average molecular weight is 503 g/mol. The molecule has 1 aromatic heterocycles. The number of phenols is 1. The lowest BCUT2D eigenvalue weighted by Gasteiger charge is -2.18. The van der Waals surface area contributed by atoms with Crippen molar-refractivity contribution in [3.05, 3.63) is 127 Å². The number of thiophene rings is 1. The third-order valence-electron chi connectivity index (χ3n) is 7.74. The van der Waals surface area contributed by atoms with E-state index in [1.54, 1.807) is 17.4 Å².